The fourth-order valence-electron chi connectivity index (χ4n) is 2.03. The minimum atomic E-state index is 0.493. The molecule has 0 aliphatic heterocycles. The third-order valence-corrected chi connectivity index (χ3v) is 3.40. The maximum Gasteiger partial charge on any atom is 0.128 e. The van der Waals surface area contributed by atoms with Crippen LogP contribution in [-0.4, -0.2) is 29.6 Å². The second kappa shape index (κ2) is 7.74. The molecule has 0 saturated carbocycles. The Hall–Kier alpha value is -1.94. The number of likely N-dealkylation sites (N-methyl/N-ethyl adjacent to an activating group) is 1. The molecule has 0 bridgehead atoms. The summed E-state index contributed by atoms with van der Waals surface area (Å²) in [4.78, 5) is 10.8. The minimum absolute atomic E-state index is 0.493. The Balaban J connectivity index is 1.86. The van der Waals surface area contributed by atoms with Crippen LogP contribution < -0.4 is 10.2 Å². The summed E-state index contributed by atoms with van der Waals surface area (Å²) in [5.41, 5.74) is 2.52. The maximum absolute atomic E-state index is 4.54. The maximum atomic E-state index is 4.54. The van der Waals surface area contributed by atoms with Gasteiger partial charge in [-0.05, 0) is 35.7 Å². The van der Waals surface area contributed by atoms with Gasteiger partial charge in [0.05, 0.1) is 0 Å². The topological polar surface area (TPSA) is 41.0 Å². The van der Waals surface area contributed by atoms with Crippen LogP contribution in [0.1, 0.15) is 25.0 Å². The first-order valence-corrected chi connectivity index (χ1v) is 7.43. The van der Waals surface area contributed by atoms with Crippen molar-refractivity contribution in [3.05, 3.63) is 54.0 Å². The van der Waals surface area contributed by atoms with Crippen molar-refractivity contribution in [2.45, 2.75) is 32.9 Å². The van der Waals surface area contributed by atoms with Crippen LogP contribution in [0.3, 0.4) is 0 Å². The van der Waals surface area contributed by atoms with Crippen molar-refractivity contribution in [3.63, 3.8) is 0 Å². The summed E-state index contributed by atoms with van der Waals surface area (Å²) in [7, 11) is 2.08. The highest BCUT2D eigenvalue weighted by Gasteiger charge is 2.03. The number of pyridine rings is 2. The molecule has 0 fully saturated rings. The molecule has 0 amide bonds. The molecule has 2 aromatic rings. The smallest absolute Gasteiger partial charge is 0.128 e. The molecule has 1 N–H and O–H groups in total. The minimum Gasteiger partial charge on any atom is -0.359 e. The predicted octanol–water partition coefficient (Wildman–Crippen LogP) is 2.65. The molecule has 0 unspecified atom stereocenters. The van der Waals surface area contributed by atoms with Gasteiger partial charge in [0.2, 0.25) is 0 Å². The molecule has 0 aliphatic carbocycles. The number of aromatic nitrogens is 2. The summed E-state index contributed by atoms with van der Waals surface area (Å²) < 4.78 is 0. The van der Waals surface area contributed by atoms with E-state index in [1.807, 2.05) is 18.6 Å². The molecule has 21 heavy (non-hydrogen) atoms. The van der Waals surface area contributed by atoms with Gasteiger partial charge in [0.15, 0.2) is 0 Å². The molecule has 0 saturated heterocycles. The van der Waals surface area contributed by atoms with Gasteiger partial charge in [0, 0.05) is 44.8 Å². The molecule has 2 aromatic heterocycles. The monoisotopic (exact) mass is 284 g/mol. The fraction of sp³-hybridized carbons (Fsp3) is 0.412. The van der Waals surface area contributed by atoms with Gasteiger partial charge in [-0.1, -0.05) is 19.9 Å². The molecular weight excluding hydrogens is 260 g/mol. The largest absolute Gasteiger partial charge is 0.359 e. The second-order valence-electron chi connectivity index (χ2n) is 5.59. The zero-order valence-electron chi connectivity index (χ0n) is 13.1. The molecule has 4 heteroatoms. The quantitative estimate of drug-likeness (QED) is 0.848. The Morgan fingerprint density at radius 3 is 2.48 bits per heavy atom. The van der Waals surface area contributed by atoms with Crippen LogP contribution in [0.25, 0.3) is 0 Å². The van der Waals surface area contributed by atoms with E-state index in [4.69, 9.17) is 0 Å². The van der Waals surface area contributed by atoms with E-state index in [9.17, 15) is 0 Å². The van der Waals surface area contributed by atoms with E-state index >= 15 is 0 Å². The highest BCUT2D eigenvalue weighted by Crippen LogP contribution is 2.11. The number of hydrogen-bond acceptors (Lipinski definition) is 4. The lowest BCUT2D eigenvalue weighted by Crippen LogP contribution is -2.23. The average Bonchev–Trinajstić information content (AvgIpc) is 2.52. The third kappa shape index (κ3) is 5.16. The molecule has 0 atom stereocenters. The molecule has 2 heterocycles. The van der Waals surface area contributed by atoms with E-state index in [0.717, 1.165) is 25.3 Å². The van der Waals surface area contributed by atoms with Crippen molar-refractivity contribution in [1.82, 2.24) is 15.3 Å². The van der Waals surface area contributed by atoms with Gasteiger partial charge in [-0.15, -0.1) is 0 Å². The van der Waals surface area contributed by atoms with Crippen molar-refractivity contribution < 1.29 is 0 Å². The lowest BCUT2D eigenvalue weighted by molar-refractivity contribution is 0.588. The number of hydrogen-bond donors (Lipinski definition) is 1. The number of rotatable bonds is 7. The van der Waals surface area contributed by atoms with Crippen LogP contribution in [0.15, 0.2) is 42.9 Å². The van der Waals surface area contributed by atoms with Gasteiger partial charge in [0.25, 0.3) is 0 Å². The predicted molar refractivity (Wildman–Crippen MR) is 87.4 cm³/mol. The van der Waals surface area contributed by atoms with Crippen LogP contribution in [-0.2, 0) is 13.0 Å². The molecule has 0 aliphatic rings. The van der Waals surface area contributed by atoms with E-state index < -0.39 is 0 Å². The molecule has 4 nitrogen and oxygen atoms in total. The zero-order valence-corrected chi connectivity index (χ0v) is 13.1. The Labute approximate surface area is 127 Å². The summed E-state index contributed by atoms with van der Waals surface area (Å²) in [6.45, 7) is 6.11. The first kappa shape index (κ1) is 15.4. The lowest BCUT2D eigenvalue weighted by atomic mass is 10.2. The van der Waals surface area contributed by atoms with Crippen LogP contribution in [0, 0.1) is 0 Å². The molecular formula is C17H24N4. The van der Waals surface area contributed by atoms with Crippen LogP contribution in [0.4, 0.5) is 5.82 Å². The van der Waals surface area contributed by atoms with Gasteiger partial charge >= 0.3 is 0 Å². The van der Waals surface area contributed by atoms with Crippen LogP contribution >= 0.6 is 0 Å². The van der Waals surface area contributed by atoms with Crippen LogP contribution in [0.5, 0.6) is 0 Å². The van der Waals surface area contributed by atoms with Gasteiger partial charge in [-0.3, -0.25) is 4.98 Å². The molecule has 112 valence electrons. The molecule has 0 aromatic carbocycles. The van der Waals surface area contributed by atoms with Gasteiger partial charge in [0.1, 0.15) is 5.82 Å². The van der Waals surface area contributed by atoms with Crippen molar-refractivity contribution >= 4 is 5.82 Å². The summed E-state index contributed by atoms with van der Waals surface area (Å²) in [5.74, 6) is 1.01. The van der Waals surface area contributed by atoms with Crippen molar-refractivity contribution in [2.24, 2.45) is 0 Å². The summed E-state index contributed by atoms with van der Waals surface area (Å²) >= 11 is 0. The number of nitrogens with zero attached hydrogens (tertiary/aromatic N) is 3. The summed E-state index contributed by atoms with van der Waals surface area (Å²) in [5, 5.41) is 3.40. The van der Waals surface area contributed by atoms with Crippen molar-refractivity contribution in [1.29, 1.82) is 0 Å². The Morgan fingerprint density at radius 1 is 1.10 bits per heavy atom. The van der Waals surface area contributed by atoms with Crippen LogP contribution in [0.2, 0.25) is 0 Å². The molecule has 2 rings (SSSR count). The normalized spacial score (nSPS) is 10.9. The lowest BCUT2D eigenvalue weighted by Gasteiger charge is -2.18. The third-order valence-electron chi connectivity index (χ3n) is 3.40. The number of anilines is 1. The van der Waals surface area contributed by atoms with Crippen molar-refractivity contribution in [3.8, 4) is 0 Å². The SMILES string of the molecule is CC(C)NCc1ccc(N(C)CCc2ccncc2)nc1. The first-order valence-electron chi connectivity index (χ1n) is 7.43. The summed E-state index contributed by atoms with van der Waals surface area (Å²) in [6.07, 6.45) is 6.62. The highest BCUT2D eigenvalue weighted by atomic mass is 15.2. The van der Waals surface area contributed by atoms with E-state index in [1.54, 1.807) is 0 Å². The Morgan fingerprint density at radius 2 is 1.86 bits per heavy atom. The van der Waals surface area contributed by atoms with E-state index in [2.05, 4.69) is 65.3 Å². The summed E-state index contributed by atoms with van der Waals surface area (Å²) in [6, 6.07) is 8.83. The zero-order chi connectivity index (χ0) is 15.1. The van der Waals surface area contributed by atoms with E-state index in [-0.39, 0.29) is 0 Å². The molecule has 0 spiro atoms. The van der Waals surface area contributed by atoms with Gasteiger partial charge in [-0.2, -0.15) is 0 Å². The van der Waals surface area contributed by atoms with E-state index in [0.29, 0.717) is 6.04 Å². The second-order valence-corrected chi connectivity index (χ2v) is 5.59. The highest BCUT2D eigenvalue weighted by molar-refractivity contribution is 5.38. The van der Waals surface area contributed by atoms with Gasteiger partial charge < -0.3 is 10.2 Å². The van der Waals surface area contributed by atoms with E-state index in [1.165, 1.54) is 11.1 Å². The Bertz CT molecular complexity index is 522. The molecule has 0 radical (unpaired) electrons. The average molecular weight is 284 g/mol. The number of nitrogens with one attached hydrogen (secondary N) is 1. The fourth-order valence-corrected chi connectivity index (χ4v) is 2.03. The van der Waals surface area contributed by atoms with Crippen molar-refractivity contribution in [2.75, 3.05) is 18.5 Å². The standard InChI is InChI=1S/C17H24N4/c1-14(2)19-12-16-4-5-17(20-13-16)21(3)11-8-15-6-9-18-10-7-15/h4-7,9-10,13-14,19H,8,11-12H2,1-3H3. The van der Waals surface area contributed by atoms with Gasteiger partial charge in [-0.25, -0.2) is 4.98 Å². The Kier molecular flexibility index (Phi) is 5.69. The first-order chi connectivity index (χ1) is 10.1.